The Kier molecular flexibility index (Phi) is 4.79. The van der Waals surface area contributed by atoms with Crippen molar-refractivity contribution in [3.8, 4) is 6.07 Å². The summed E-state index contributed by atoms with van der Waals surface area (Å²) in [5.74, 6) is 1.55. The van der Waals surface area contributed by atoms with E-state index < -0.39 is 0 Å². The molecule has 0 radical (unpaired) electrons. The number of hydrogen-bond acceptors (Lipinski definition) is 6. The third kappa shape index (κ3) is 3.63. The number of allylic oxidation sites excluding steroid dienone is 1. The van der Waals surface area contributed by atoms with E-state index in [1.54, 1.807) is 11.4 Å². The van der Waals surface area contributed by atoms with E-state index >= 15 is 0 Å². The van der Waals surface area contributed by atoms with Gasteiger partial charge in [0.25, 0.3) is 0 Å². The molecule has 0 saturated heterocycles. The fourth-order valence-corrected chi connectivity index (χ4v) is 3.65. The first kappa shape index (κ1) is 15.8. The number of nitrogens with one attached hydrogen (secondary N) is 1. The number of thioether (sulfide) groups is 1. The molecule has 23 heavy (non-hydrogen) atoms. The number of carbonyl (C=O) groups is 1. The first-order valence-corrected chi connectivity index (χ1v) is 9.03. The molecule has 0 aromatic carbocycles. The van der Waals surface area contributed by atoms with E-state index in [4.69, 9.17) is 5.26 Å². The van der Waals surface area contributed by atoms with Crippen molar-refractivity contribution in [3.63, 3.8) is 0 Å². The Hall–Kier alpha value is -2.11. The van der Waals surface area contributed by atoms with Gasteiger partial charge in [-0.3, -0.25) is 4.79 Å². The van der Waals surface area contributed by atoms with Gasteiger partial charge < -0.3 is 9.88 Å². The molecule has 3 rings (SSSR count). The zero-order valence-electron chi connectivity index (χ0n) is 12.4. The van der Waals surface area contributed by atoms with E-state index in [9.17, 15) is 4.79 Å². The van der Waals surface area contributed by atoms with Crippen LogP contribution in [0.15, 0.2) is 29.3 Å². The van der Waals surface area contributed by atoms with Crippen LogP contribution in [0.2, 0.25) is 0 Å². The van der Waals surface area contributed by atoms with Gasteiger partial charge in [-0.2, -0.15) is 5.26 Å². The summed E-state index contributed by atoms with van der Waals surface area (Å²) < 4.78 is 2.02. The molecule has 1 fully saturated rings. The topological polar surface area (TPSA) is 83.6 Å². The molecule has 1 aliphatic carbocycles. The van der Waals surface area contributed by atoms with Crippen LogP contribution in [0.3, 0.4) is 0 Å². The zero-order chi connectivity index (χ0) is 16.2. The highest BCUT2D eigenvalue weighted by Gasteiger charge is 2.30. The van der Waals surface area contributed by atoms with Gasteiger partial charge in [0.1, 0.15) is 16.9 Å². The molecule has 8 heteroatoms. The predicted molar refractivity (Wildman–Crippen MR) is 90.6 cm³/mol. The number of nitrogens with zero attached hydrogens (tertiary/aromatic N) is 4. The fourth-order valence-electron chi connectivity index (χ4n) is 2.14. The van der Waals surface area contributed by atoms with Crippen LogP contribution in [0.1, 0.15) is 30.1 Å². The summed E-state index contributed by atoms with van der Waals surface area (Å²) in [5, 5.41) is 23.3. The van der Waals surface area contributed by atoms with E-state index in [2.05, 4.69) is 28.2 Å². The molecule has 1 amide bonds. The van der Waals surface area contributed by atoms with Crippen molar-refractivity contribution in [2.75, 3.05) is 11.1 Å². The number of nitriles is 1. The van der Waals surface area contributed by atoms with Gasteiger partial charge in [-0.25, -0.2) is 0 Å². The van der Waals surface area contributed by atoms with Gasteiger partial charge >= 0.3 is 0 Å². The highest BCUT2D eigenvalue weighted by atomic mass is 32.2. The largest absolute Gasteiger partial charge is 0.316 e. The molecule has 0 unspecified atom stereocenters. The third-order valence-corrected chi connectivity index (χ3v) is 5.17. The maximum Gasteiger partial charge on any atom is 0.235 e. The lowest BCUT2D eigenvalue weighted by molar-refractivity contribution is -0.113. The molecule has 118 valence electrons. The lowest BCUT2D eigenvalue weighted by Gasteiger charge is -2.07. The second-order valence-electron chi connectivity index (χ2n) is 5.13. The van der Waals surface area contributed by atoms with Gasteiger partial charge in [-0.1, -0.05) is 17.8 Å². The zero-order valence-corrected chi connectivity index (χ0v) is 14.0. The maximum absolute atomic E-state index is 12.1. The number of anilines is 1. The lowest BCUT2D eigenvalue weighted by atomic mass is 10.3. The number of amides is 1. The van der Waals surface area contributed by atoms with Crippen LogP contribution in [0.25, 0.3) is 0 Å². The minimum absolute atomic E-state index is 0.157. The normalized spacial score (nSPS) is 13.5. The fraction of sp³-hybridized carbons (Fsp3) is 0.333. The summed E-state index contributed by atoms with van der Waals surface area (Å²) in [6, 6.07) is 3.75. The second kappa shape index (κ2) is 6.98. The summed E-state index contributed by atoms with van der Waals surface area (Å²) >= 11 is 2.69. The molecule has 6 nitrogen and oxygen atoms in total. The first-order valence-electron chi connectivity index (χ1n) is 7.17. The van der Waals surface area contributed by atoms with Gasteiger partial charge in [0.2, 0.25) is 5.91 Å². The molecule has 1 aliphatic rings. The smallest absolute Gasteiger partial charge is 0.235 e. The summed E-state index contributed by atoms with van der Waals surface area (Å²) in [6.45, 7) is 4.41. The Labute approximate surface area is 142 Å². The Morgan fingerprint density at radius 2 is 2.43 bits per heavy atom. The van der Waals surface area contributed by atoms with Crippen LogP contribution in [-0.2, 0) is 11.3 Å². The monoisotopic (exact) mass is 345 g/mol. The van der Waals surface area contributed by atoms with Crippen molar-refractivity contribution in [2.24, 2.45) is 0 Å². The van der Waals surface area contributed by atoms with Crippen LogP contribution in [0, 0.1) is 11.3 Å². The quantitative estimate of drug-likeness (QED) is 0.616. The number of carbonyl (C=O) groups excluding carboxylic acids is 1. The summed E-state index contributed by atoms with van der Waals surface area (Å²) in [7, 11) is 0. The average Bonchev–Trinajstić information content (AvgIpc) is 3.16. The highest BCUT2D eigenvalue weighted by Crippen LogP contribution is 2.40. The molecule has 0 aliphatic heterocycles. The van der Waals surface area contributed by atoms with Crippen LogP contribution in [0.5, 0.6) is 0 Å². The summed E-state index contributed by atoms with van der Waals surface area (Å²) in [4.78, 5) is 12.1. The Balaban J connectivity index is 1.63. The van der Waals surface area contributed by atoms with Crippen LogP contribution < -0.4 is 5.32 Å². The van der Waals surface area contributed by atoms with Crippen LogP contribution >= 0.6 is 23.1 Å². The molecule has 0 spiro atoms. The van der Waals surface area contributed by atoms with Crippen molar-refractivity contribution in [1.82, 2.24) is 14.8 Å². The van der Waals surface area contributed by atoms with Crippen LogP contribution in [-0.4, -0.2) is 26.4 Å². The molecule has 2 aromatic rings. The van der Waals surface area contributed by atoms with Crippen molar-refractivity contribution in [1.29, 1.82) is 5.26 Å². The number of thiophene rings is 1. The van der Waals surface area contributed by atoms with Gasteiger partial charge in [-0.05, 0) is 24.3 Å². The van der Waals surface area contributed by atoms with Gasteiger partial charge in [0.05, 0.1) is 11.3 Å². The van der Waals surface area contributed by atoms with Crippen molar-refractivity contribution in [2.45, 2.75) is 30.5 Å². The van der Waals surface area contributed by atoms with Gasteiger partial charge in [0, 0.05) is 12.5 Å². The van der Waals surface area contributed by atoms with E-state index in [0.717, 1.165) is 23.8 Å². The third-order valence-electron chi connectivity index (χ3n) is 3.37. The molecule has 0 atom stereocenters. The molecule has 2 aromatic heterocycles. The predicted octanol–water partition coefficient (Wildman–Crippen LogP) is 3.01. The summed E-state index contributed by atoms with van der Waals surface area (Å²) in [5.41, 5.74) is 0.485. The minimum Gasteiger partial charge on any atom is -0.316 e. The van der Waals surface area contributed by atoms with E-state index in [-0.39, 0.29) is 11.7 Å². The van der Waals surface area contributed by atoms with Gasteiger partial charge in [-0.15, -0.1) is 28.1 Å². The summed E-state index contributed by atoms with van der Waals surface area (Å²) in [6.07, 6.45) is 4.11. The molecular weight excluding hydrogens is 330 g/mol. The van der Waals surface area contributed by atoms with Crippen molar-refractivity contribution in [3.05, 3.63) is 35.5 Å². The first-order chi connectivity index (χ1) is 11.2. The molecule has 1 N–H and O–H groups in total. The second-order valence-corrected chi connectivity index (χ2v) is 6.98. The minimum atomic E-state index is -0.157. The van der Waals surface area contributed by atoms with Crippen LogP contribution in [0.4, 0.5) is 5.00 Å². The van der Waals surface area contributed by atoms with Gasteiger partial charge in [0.15, 0.2) is 5.16 Å². The molecule has 2 heterocycles. The van der Waals surface area contributed by atoms with Crippen molar-refractivity contribution >= 4 is 34.0 Å². The Bertz CT molecular complexity index is 769. The number of rotatable bonds is 7. The van der Waals surface area contributed by atoms with E-state index in [0.29, 0.717) is 23.0 Å². The molecule has 0 bridgehead atoms. The SMILES string of the molecule is C=CCn1c(SCC(=O)Nc2sccc2C#N)nnc1C1CC1. The molecular formula is C15H15N5OS2. The number of hydrogen-bond donors (Lipinski definition) is 1. The Morgan fingerprint density at radius 1 is 1.61 bits per heavy atom. The number of aromatic nitrogens is 3. The average molecular weight is 345 g/mol. The van der Waals surface area contributed by atoms with Crippen molar-refractivity contribution < 1.29 is 4.79 Å². The lowest BCUT2D eigenvalue weighted by Crippen LogP contribution is -2.14. The Morgan fingerprint density at radius 3 is 3.13 bits per heavy atom. The van der Waals surface area contributed by atoms with E-state index in [1.165, 1.54) is 23.1 Å². The highest BCUT2D eigenvalue weighted by molar-refractivity contribution is 7.99. The standard InChI is InChI=1S/C15H15N5OS2/c1-2-6-20-13(10-3-4-10)18-19-15(20)23-9-12(21)17-14-11(8-16)5-7-22-14/h2,5,7,10H,1,3-4,6,9H2,(H,17,21). The maximum atomic E-state index is 12.1. The molecule has 1 saturated carbocycles. The van der Waals surface area contributed by atoms with E-state index in [1.807, 2.05) is 10.6 Å².